The van der Waals surface area contributed by atoms with E-state index in [-0.39, 0.29) is 11.5 Å². The van der Waals surface area contributed by atoms with E-state index in [9.17, 15) is 9.90 Å². The predicted octanol–water partition coefficient (Wildman–Crippen LogP) is 6.83. The maximum Gasteiger partial charge on any atom is 0.335 e. The minimum Gasteiger partial charge on any atom is -0.478 e. The lowest BCUT2D eigenvalue weighted by molar-refractivity contribution is 0.0696. The van der Waals surface area contributed by atoms with Gasteiger partial charge in [-0.25, -0.2) is 4.79 Å². The largest absolute Gasteiger partial charge is 0.478 e. The van der Waals surface area contributed by atoms with Gasteiger partial charge in [0.05, 0.1) is 5.56 Å². The minimum absolute atomic E-state index is 0.180. The zero-order chi connectivity index (χ0) is 30.2. The molecule has 218 valence electrons. The fourth-order valence-electron chi connectivity index (χ4n) is 6.75. The molecule has 0 radical (unpaired) electrons. The van der Waals surface area contributed by atoms with Gasteiger partial charge in [-0.1, -0.05) is 42.5 Å². The molecule has 4 aromatic rings. The van der Waals surface area contributed by atoms with Crippen LogP contribution < -0.4 is 25.7 Å². The molecule has 1 aliphatic heterocycles. The van der Waals surface area contributed by atoms with Gasteiger partial charge in [0.15, 0.2) is 7.14 Å². The normalized spacial score (nSPS) is 17.3. The molecule has 42 heavy (non-hydrogen) atoms. The van der Waals surface area contributed by atoms with Crippen LogP contribution in [0, 0.1) is 13.8 Å². The van der Waals surface area contributed by atoms with E-state index < -0.39 is 13.1 Å². The number of aromatic carboxylic acids is 1. The van der Waals surface area contributed by atoms with E-state index in [0.717, 1.165) is 81.3 Å². The van der Waals surface area contributed by atoms with E-state index in [1.165, 1.54) is 0 Å². The van der Waals surface area contributed by atoms with Crippen molar-refractivity contribution in [3.8, 4) is 0 Å². The first-order valence-corrected chi connectivity index (χ1v) is 16.7. The minimum atomic E-state index is -3.28. The maximum atomic E-state index is 16.0. The van der Waals surface area contributed by atoms with Gasteiger partial charge in [0.2, 0.25) is 0 Å². The van der Waals surface area contributed by atoms with Crippen molar-refractivity contribution < 1.29 is 14.5 Å². The van der Waals surface area contributed by atoms with Crippen LogP contribution in [0.2, 0.25) is 0 Å². The van der Waals surface area contributed by atoms with E-state index >= 15 is 4.57 Å². The summed E-state index contributed by atoms with van der Waals surface area (Å²) in [6.45, 7) is 16.0. The summed E-state index contributed by atoms with van der Waals surface area (Å²) >= 11 is 0. The number of rotatable bonds is 9. The number of benzene rings is 4. The Morgan fingerprint density at radius 1 is 0.714 bits per heavy atom. The zero-order valence-corrected chi connectivity index (χ0v) is 26.4. The standard InChI is InChI=1S/C36H41N2O3P/c1-7-37(8-2)27-16-18-30-32(22-27)42(41,29-14-12-11-13-15-29)33-23-28(38(9-3)10-4)17-19-31(33)35(30)34-24(5)20-26(36(39)40)21-25(34)6/h11-23,35H,7-10H2,1-6H3,(H,39,40). The van der Waals surface area contributed by atoms with Crippen LogP contribution in [0.3, 0.4) is 0 Å². The lowest BCUT2D eigenvalue weighted by Gasteiger charge is -2.38. The van der Waals surface area contributed by atoms with Crippen molar-refractivity contribution in [2.75, 3.05) is 36.0 Å². The van der Waals surface area contributed by atoms with Gasteiger partial charge in [-0.05, 0) is 106 Å². The third-order valence-corrected chi connectivity index (χ3v) is 12.0. The second-order valence-electron chi connectivity index (χ2n) is 11.0. The summed E-state index contributed by atoms with van der Waals surface area (Å²) in [5, 5.41) is 12.3. The smallest absolute Gasteiger partial charge is 0.335 e. The van der Waals surface area contributed by atoms with Crippen LogP contribution in [-0.4, -0.2) is 37.3 Å². The van der Waals surface area contributed by atoms with Gasteiger partial charge >= 0.3 is 5.97 Å². The molecule has 0 spiro atoms. The molecule has 0 bridgehead atoms. The van der Waals surface area contributed by atoms with Crippen molar-refractivity contribution in [1.29, 1.82) is 0 Å². The van der Waals surface area contributed by atoms with Gasteiger partial charge in [-0.15, -0.1) is 0 Å². The lowest BCUT2D eigenvalue weighted by Crippen LogP contribution is -2.38. The highest BCUT2D eigenvalue weighted by molar-refractivity contribution is 7.85. The van der Waals surface area contributed by atoms with Crippen molar-refractivity contribution in [2.24, 2.45) is 0 Å². The van der Waals surface area contributed by atoms with Crippen molar-refractivity contribution in [2.45, 2.75) is 47.5 Å². The number of hydrogen-bond donors (Lipinski definition) is 1. The van der Waals surface area contributed by atoms with Crippen LogP contribution in [0.15, 0.2) is 78.9 Å². The van der Waals surface area contributed by atoms with Crippen LogP contribution in [0.4, 0.5) is 11.4 Å². The summed E-state index contributed by atoms with van der Waals surface area (Å²) in [7, 11) is -3.28. The van der Waals surface area contributed by atoms with Gasteiger partial charge < -0.3 is 19.5 Å². The van der Waals surface area contributed by atoms with Gasteiger partial charge in [-0.2, -0.15) is 0 Å². The van der Waals surface area contributed by atoms with Gasteiger partial charge in [0.1, 0.15) is 0 Å². The zero-order valence-electron chi connectivity index (χ0n) is 25.5. The van der Waals surface area contributed by atoms with Gasteiger partial charge in [0, 0.05) is 59.4 Å². The van der Waals surface area contributed by atoms with Gasteiger partial charge in [0.25, 0.3) is 0 Å². The highest BCUT2D eigenvalue weighted by Gasteiger charge is 2.43. The molecule has 6 heteroatoms. The van der Waals surface area contributed by atoms with Crippen LogP contribution in [-0.2, 0) is 4.57 Å². The predicted molar refractivity (Wildman–Crippen MR) is 177 cm³/mol. The Balaban J connectivity index is 1.91. The Bertz CT molecular complexity index is 1580. The van der Waals surface area contributed by atoms with Crippen LogP contribution in [0.5, 0.6) is 0 Å². The number of carboxylic acid groups (broad SMARTS) is 1. The lowest BCUT2D eigenvalue weighted by atomic mass is 9.79. The molecule has 5 nitrogen and oxygen atoms in total. The molecule has 0 aromatic heterocycles. The summed E-state index contributed by atoms with van der Waals surface area (Å²) in [5.41, 5.74) is 7.38. The Morgan fingerprint density at radius 3 is 1.57 bits per heavy atom. The molecule has 0 amide bonds. The van der Waals surface area contributed by atoms with Crippen molar-refractivity contribution in [1.82, 2.24) is 0 Å². The first-order chi connectivity index (χ1) is 20.2. The van der Waals surface area contributed by atoms with Gasteiger partial charge in [-0.3, -0.25) is 0 Å². The topological polar surface area (TPSA) is 60.9 Å². The molecule has 1 heterocycles. The Kier molecular flexibility index (Phi) is 8.35. The van der Waals surface area contributed by atoms with Crippen LogP contribution in [0.1, 0.15) is 71.8 Å². The molecular formula is C36H41N2O3P. The van der Waals surface area contributed by atoms with Crippen molar-refractivity contribution >= 4 is 40.4 Å². The summed E-state index contributed by atoms with van der Waals surface area (Å²) < 4.78 is 16.0. The molecule has 1 aliphatic rings. The molecular weight excluding hydrogens is 539 g/mol. The quantitative estimate of drug-likeness (QED) is 0.194. The number of hydrogen-bond acceptors (Lipinski definition) is 4. The van der Waals surface area contributed by atoms with Crippen LogP contribution in [0.25, 0.3) is 0 Å². The van der Waals surface area contributed by atoms with E-state index in [1.807, 2.05) is 44.2 Å². The average molecular weight is 581 g/mol. The van der Waals surface area contributed by atoms with Crippen molar-refractivity contribution in [3.05, 3.63) is 112 Å². The summed E-state index contributed by atoms with van der Waals surface area (Å²) in [4.78, 5) is 16.5. The van der Waals surface area contributed by atoms with E-state index in [2.05, 4.69) is 73.9 Å². The molecule has 0 saturated carbocycles. The molecule has 0 saturated heterocycles. The Hall–Kier alpha value is -3.82. The first kappa shape index (κ1) is 29.7. The Labute approximate surface area is 250 Å². The third-order valence-electron chi connectivity index (χ3n) is 8.83. The number of anilines is 2. The SMILES string of the molecule is CCN(CC)c1ccc2c(c1)P(=O)(c1ccccc1)c1cc(N(CC)CC)ccc1C2c1c(C)cc(C(=O)O)cc1C. The summed E-state index contributed by atoms with van der Waals surface area (Å²) in [6, 6.07) is 26.4. The van der Waals surface area contributed by atoms with E-state index in [1.54, 1.807) is 12.1 Å². The fraction of sp³-hybridized carbons (Fsp3) is 0.306. The molecule has 1 N–H and O–H groups in total. The number of carboxylic acids is 1. The van der Waals surface area contributed by atoms with Crippen LogP contribution >= 0.6 is 7.14 Å². The maximum absolute atomic E-state index is 16.0. The number of carbonyl (C=O) groups is 1. The number of nitrogens with zero attached hydrogens (tertiary/aromatic N) is 2. The number of aryl methyl sites for hydroxylation is 2. The van der Waals surface area contributed by atoms with Crippen molar-refractivity contribution in [3.63, 3.8) is 0 Å². The molecule has 0 aliphatic carbocycles. The first-order valence-electron chi connectivity index (χ1n) is 15.0. The number of fused-ring (bicyclic) bond motifs is 2. The van der Waals surface area contributed by atoms with E-state index in [4.69, 9.17) is 0 Å². The Morgan fingerprint density at radius 2 is 1.17 bits per heavy atom. The third kappa shape index (κ3) is 4.84. The molecule has 0 fully saturated rings. The average Bonchev–Trinajstić information content (AvgIpc) is 3.00. The highest BCUT2D eigenvalue weighted by atomic mass is 31.2. The molecule has 0 atom stereocenters. The summed E-state index contributed by atoms with van der Waals surface area (Å²) in [6.07, 6.45) is 0. The molecule has 4 aromatic carbocycles. The molecule has 5 rings (SSSR count). The summed E-state index contributed by atoms with van der Waals surface area (Å²) in [5.74, 6) is -1.11. The monoisotopic (exact) mass is 580 g/mol. The fourth-order valence-corrected chi connectivity index (χ4v) is 9.92. The second-order valence-corrected chi connectivity index (χ2v) is 13.7. The highest BCUT2D eigenvalue weighted by Crippen LogP contribution is 2.54. The van der Waals surface area contributed by atoms with E-state index in [0.29, 0.717) is 0 Å². The second kappa shape index (κ2) is 11.8. The molecule has 0 unspecified atom stereocenters.